The van der Waals surface area contributed by atoms with Gasteiger partial charge in [0, 0.05) is 12.0 Å². The molecule has 0 aromatic heterocycles. The molecular formula is C15H18O. The fourth-order valence-corrected chi connectivity index (χ4v) is 1.55. The minimum atomic E-state index is 0.170. The van der Waals surface area contributed by atoms with Crippen LogP contribution in [0.3, 0.4) is 0 Å². The molecule has 0 radical (unpaired) electrons. The average Bonchev–Trinajstić information content (AvgIpc) is 2.34. The van der Waals surface area contributed by atoms with E-state index in [1.807, 2.05) is 18.2 Å². The Labute approximate surface area is 97.5 Å². The minimum absolute atomic E-state index is 0.170. The van der Waals surface area contributed by atoms with Gasteiger partial charge in [-0.05, 0) is 31.7 Å². The summed E-state index contributed by atoms with van der Waals surface area (Å²) in [5.41, 5.74) is 4.63. The second-order valence-electron chi connectivity index (χ2n) is 3.92. The molecule has 0 aliphatic heterocycles. The summed E-state index contributed by atoms with van der Waals surface area (Å²) in [4.78, 5) is 11.4. The molecule has 0 heterocycles. The number of Topliss-reactive ketones (excluding diaryl/α,β-unsaturated/α-hetero) is 1. The number of hydrogen-bond donors (Lipinski definition) is 0. The molecule has 0 unspecified atom stereocenters. The van der Waals surface area contributed by atoms with E-state index in [0.29, 0.717) is 12.0 Å². The van der Waals surface area contributed by atoms with Crippen LogP contribution in [0.5, 0.6) is 0 Å². The van der Waals surface area contributed by atoms with Gasteiger partial charge in [0.25, 0.3) is 0 Å². The van der Waals surface area contributed by atoms with Gasteiger partial charge in [-0.1, -0.05) is 36.9 Å². The number of aryl methyl sites for hydroxylation is 1. The van der Waals surface area contributed by atoms with Crippen molar-refractivity contribution in [1.82, 2.24) is 0 Å². The highest BCUT2D eigenvalue weighted by molar-refractivity contribution is 5.94. The number of ketones is 1. The number of hydrogen-bond acceptors (Lipinski definition) is 1. The molecule has 0 aliphatic rings. The van der Waals surface area contributed by atoms with Crippen LogP contribution in [0.1, 0.15) is 31.7 Å². The molecule has 16 heavy (non-hydrogen) atoms. The van der Waals surface area contributed by atoms with Gasteiger partial charge in [0.2, 0.25) is 0 Å². The molecule has 0 N–H and O–H groups in total. The third kappa shape index (κ3) is 4.29. The third-order valence-electron chi connectivity index (χ3n) is 2.65. The Hall–Kier alpha value is -1.59. The normalized spacial score (nSPS) is 9.56. The molecule has 1 nitrogen and oxygen atoms in total. The van der Waals surface area contributed by atoms with Crippen molar-refractivity contribution in [3.05, 3.63) is 53.8 Å². The average molecular weight is 214 g/mol. The molecule has 1 rings (SSSR count). The summed E-state index contributed by atoms with van der Waals surface area (Å²) < 4.78 is 0. The molecule has 1 aromatic carbocycles. The number of allylic oxidation sites excluding steroid dienone is 1. The van der Waals surface area contributed by atoms with Gasteiger partial charge in [-0.25, -0.2) is 0 Å². The molecule has 0 atom stereocenters. The summed E-state index contributed by atoms with van der Waals surface area (Å²) in [6.45, 7) is 5.24. The van der Waals surface area contributed by atoms with E-state index in [1.165, 1.54) is 5.56 Å². The maximum atomic E-state index is 11.4. The van der Waals surface area contributed by atoms with Gasteiger partial charge in [-0.2, -0.15) is 0 Å². The fourth-order valence-electron chi connectivity index (χ4n) is 1.55. The highest BCUT2D eigenvalue weighted by atomic mass is 16.1. The van der Waals surface area contributed by atoms with E-state index in [1.54, 1.807) is 6.92 Å². The Balaban J connectivity index is 2.23. The van der Waals surface area contributed by atoms with E-state index in [2.05, 4.69) is 24.4 Å². The number of unbranched alkanes of at least 4 members (excludes halogenated alkanes) is 1. The molecule has 0 fully saturated rings. The molecular weight excluding hydrogens is 196 g/mol. The van der Waals surface area contributed by atoms with Crippen LogP contribution in [0.4, 0.5) is 0 Å². The quantitative estimate of drug-likeness (QED) is 0.401. The number of rotatable bonds is 6. The van der Waals surface area contributed by atoms with Crippen molar-refractivity contribution in [1.29, 1.82) is 0 Å². The number of carbonyl (C=O) groups is 1. The summed E-state index contributed by atoms with van der Waals surface area (Å²) in [7, 11) is 0. The molecule has 1 aromatic rings. The van der Waals surface area contributed by atoms with Crippen molar-refractivity contribution < 1.29 is 4.79 Å². The van der Waals surface area contributed by atoms with Crippen LogP contribution in [-0.2, 0) is 11.2 Å². The van der Waals surface area contributed by atoms with Crippen LogP contribution in [0.15, 0.2) is 48.2 Å². The monoisotopic (exact) mass is 214 g/mol. The summed E-state index contributed by atoms with van der Waals surface area (Å²) in [5.74, 6) is 0.170. The maximum absolute atomic E-state index is 11.4. The summed E-state index contributed by atoms with van der Waals surface area (Å²) >= 11 is 0. The first-order chi connectivity index (χ1) is 7.74. The summed E-state index contributed by atoms with van der Waals surface area (Å²) in [5, 5.41) is 0. The Morgan fingerprint density at radius 1 is 1.25 bits per heavy atom. The first kappa shape index (κ1) is 12.5. The number of benzene rings is 1. The van der Waals surface area contributed by atoms with Crippen molar-refractivity contribution >= 4 is 5.78 Å². The van der Waals surface area contributed by atoms with E-state index in [4.69, 9.17) is 0 Å². The van der Waals surface area contributed by atoms with Crippen molar-refractivity contribution in [2.75, 3.05) is 0 Å². The lowest BCUT2D eigenvalue weighted by atomic mass is 10.0. The van der Waals surface area contributed by atoms with Gasteiger partial charge < -0.3 is 0 Å². The lowest BCUT2D eigenvalue weighted by Crippen LogP contribution is -1.98. The Kier molecular flexibility index (Phi) is 5.31. The van der Waals surface area contributed by atoms with Crippen LogP contribution in [0.2, 0.25) is 0 Å². The Morgan fingerprint density at radius 2 is 1.94 bits per heavy atom. The van der Waals surface area contributed by atoms with Gasteiger partial charge in [-0.15, -0.1) is 5.73 Å². The van der Waals surface area contributed by atoms with Crippen LogP contribution in [0, 0.1) is 0 Å². The van der Waals surface area contributed by atoms with Gasteiger partial charge >= 0.3 is 0 Å². The minimum Gasteiger partial charge on any atom is -0.294 e. The first-order valence-electron chi connectivity index (χ1n) is 5.68. The van der Waals surface area contributed by atoms with Crippen molar-refractivity contribution in [2.45, 2.75) is 32.6 Å². The van der Waals surface area contributed by atoms with E-state index < -0.39 is 0 Å². The molecule has 1 heteroatoms. The predicted octanol–water partition coefficient (Wildman–Crippen LogP) is 3.70. The zero-order valence-electron chi connectivity index (χ0n) is 9.83. The van der Waals surface area contributed by atoms with E-state index >= 15 is 0 Å². The number of carbonyl (C=O) groups excluding carboxylic acids is 1. The fraction of sp³-hybridized carbons (Fsp3) is 0.333. The van der Waals surface area contributed by atoms with Crippen molar-refractivity contribution in [3.8, 4) is 0 Å². The highest BCUT2D eigenvalue weighted by Crippen LogP contribution is 2.08. The highest BCUT2D eigenvalue weighted by Gasteiger charge is 2.02. The van der Waals surface area contributed by atoms with E-state index in [0.717, 1.165) is 19.3 Å². The molecule has 0 aliphatic carbocycles. The van der Waals surface area contributed by atoms with Gasteiger partial charge in [0.1, 0.15) is 0 Å². The van der Waals surface area contributed by atoms with Gasteiger partial charge in [-0.3, -0.25) is 4.79 Å². The summed E-state index contributed by atoms with van der Waals surface area (Å²) in [6.07, 6.45) is 3.65. The third-order valence-corrected chi connectivity index (χ3v) is 2.65. The van der Waals surface area contributed by atoms with Gasteiger partial charge in [0.15, 0.2) is 5.78 Å². The zero-order valence-corrected chi connectivity index (χ0v) is 9.83. The Bertz CT molecular complexity index is 383. The molecule has 0 saturated carbocycles. The van der Waals surface area contributed by atoms with Crippen LogP contribution >= 0.6 is 0 Å². The topological polar surface area (TPSA) is 17.1 Å². The molecule has 84 valence electrons. The van der Waals surface area contributed by atoms with Crippen molar-refractivity contribution in [3.63, 3.8) is 0 Å². The lowest BCUT2D eigenvalue weighted by molar-refractivity contribution is -0.115. The van der Waals surface area contributed by atoms with E-state index in [-0.39, 0.29) is 5.78 Å². The molecule has 0 amide bonds. The largest absolute Gasteiger partial charge is 0.294 e. The lowest BCUT2D eigenvalue weighted by Gasteiger charge is -2.01. The van der Waals surface area contributed by atoms with Crippen LogP contribution in [-0.4, -0.2) is 5.78 Å². The molecule has 0 spiro atoms. The SMILES string of the molecule is C=C=C(C)C(=O)CCCCc1ccccc1. The first-order valence-corrected chi connectivity index (χ1v) is 5.68. The Morgan fingerprint density at radius 3 is 2.56 bits per heavy atom. The predicted molar refractivity (Wildman–Crippen MR) is 67.3 cm³/mol. The second kappa shape index (κ2) is 6.81. The molecule has 0 saturated heterocycles. The smallest absolute Gasteiger partial charge is 0.166 e. The van der Waals surface area contributed by atoms with Gasteiger partial charge in [0.05, 0.1) is 0 Å². The maximum Gasteiger partial charge on any atom is 0.166 e. The zero-order chi connectivity index (χ0) is 11.8. The molecule has 0 bridgehead atoms. The second-order valence-corrected chi connectivity index (χ2v) is 3.92. The standard InChI is InChI=1S/C15H18O/c1-3-13(2)15(16)12-8-7-11-14-9-5-4-6-10-14/h4-6,9-10H,1,7-8,11-12H2,2H3. The van der Waals surface area contributed by atoms with Crippen molar-refractivity contribution in [2.24, 2.45) is 0 Å². The summed E-state index contributed by atoms with van der Waals surface area (Å²) in [6, 6.07) is 10.4. The van der Waals surface area contributed by atoms with E-state index in [9.17, 15) is 4.79 Å². The van der Waals surface area contributed by atoms with Crippen LogP contribution < -0.4 is 0 Å². The van der Waals surface area contributed by atoms with Crippen LogP contribution in [0.25, 0.3) is 0 Å².